The zero-order valence-electron chi connectivity index (χ0n) is 20.4. The van der Waals surface area contributed by atoms with Crippen LogP contribution in [0.2, 0.25) is 0 Å². The number of rotatable bonds is 5. The van der Waals surface area contributed by atoms with E-state index in [1.54, 1.807) is 19.1 Å². The fourth-order valence-corrected chi connectivity index (χ4v) is 5.31. The molecule has 3 aromatic heterocycles. The van der Waals surface area contributed by atoms with Gasteiger partial charge in [0.15, 0.2) is 5.75 Å². The van der Waals surface area contributed by atoms with Gasteiger partial charge in [0.05, 0.1) is 6.54 Å². The standard InChI is InChI=1S/C28H24F5N3O2/c1-16-7-8-19-14-20(17-9-11-18(12-10-17)25-21(29)4-2-5-22(25)30)27(37)36(26(19)35-16)15-23-24(6-3-13-34-23)38-28(31,32)33/h2-8,13-14,17-18H,9-12,15H2,1H3. The molecule has 0 atom stereocenters. The molecule has 0 amide bonds. The Hall–Kier alpha value is -3.82. The van der Waals surface area contributed by atoms with Crippen molar-refractivity contribution in [3.05, 3.63) is 99.2 Å². The summed E-state index contributed by atoms with van der Waals surface area (Å²) in [6.07, 6.45) is -1.53. The van der Waals surface area contributed by atoms with Gasteiger partial charge in [-0.3, -0.25) is 14.3 Å². The maximum atomic E-state index is 14.3. The van der Waals surface area contributed by atoms with Crippen LogP contribution in [0.15, 0.2) is 59.5 Å². The highest BCUT2D eigenvalue weighted by Gasteiger charge is 2.33. The Kier molecular flexibility index (Phi) is 6.90. The molecule has 10 heteroatoms. The molecule has 1 saturated carbocycles. The average molecular weight is 530 g/mol. The lowest BCUT2D eigenvalue weighted by Gasteiger charge is -2.29. The lowest BCUT2D eigenvalue weighted by Crippen LogP contribution is -2.29. The van der Waals surface area contributed by atoms with Crippen LogP contribution in [0.4, 0.5) is 22.0 Å². The SMILES string of the molecule is Cc1ccc2cc(C3CCC(c4c(F)cccc4F)CC3)c(=O)n(Cc3ncccc3OC(F)(F)F)c2n1. The van der Waals surface area contributed by atoms with Crippen molar-refractivity contribution in [1.29, 1.82) is 0 Å². The zero-order valence-corrected chi connectivity index (χ0v) is 20.4. The van der Waals surface area contributed by atoms with Crippen LogP contribution in [0.1, 0.15) is 60.0 Å². The predicted octanol–water partition coefficient (Wildman–Crippen LogP) is 6.77. The Morgan fingerprint density at radius 3 is 2.34 bits per heavy atom. The molecule has 0 spiro atoms. The van der Waals surface area contributed by atoms with Gasteiger partial charge in [0.1, 0.15) is 23.0 Å². The Labute approximate surface area is 214 Å². The molecule has 0 aliphatic heterocycles. The second kappa shape index (κ2) is 10.2. The van der Waals surface area contributed by atoms with E-state index < -0.39 is 23.7 Å². The summed E-state index contributed by atoms with van der Waals surface area (Å²) in [5.41, 5.74) is 1.08. The molecule has 1 fully saturated rings. The smallest absolute Gasteiger partial charge is 0.404 e. The largest absolute Gasteiger partial charge is 0.573 e. The Morgan fingerprint density at radius 1 is 0.974 bits per heavy atom. The lowest BCUT2D eigenvalue weighted by molar-refractivity contribution is -0.275. The van der Waals surface area contributed by atoms with Gasteiger partial charge in [0, 0.05) is 28.4 Å². The van der Waals surface area contributed by atoms with Gasteiger partial charge in [0.25, 0.3) is 5.56 Å². The number of ether oxygens (including phenoxy) is 1. The molecule has 5 nitrogen and oxygen atoms in total. The molecule has 3 heterocycles. The molecule has 0 saturated heterocycles. The van der Waals surface area contributed by atoms with Crippen molar-refractivity contribution in [2.24, 2.45) is 0 Å². The number of hydrogen-bond donors (Lipinski definition) is 0. The van der Waals surface area contributed by atoms with E-state index in [4.69, 9.17) is 0 Å². The van der Waals surface area contributed by atoms with Crippen molar-refractivity contribution in [1.82, 2.24) is 14.5 Å². The van der Waals surface area contributed by atoms with E-state index >= 15 is 0 Å². The minimum atomic E-state index is -4.92. The number of pyridine rings is 3. The third-order valence-electron chi connectivity index (χ3n) is 7.06. The molecule has 0 bridgehead atoms. The van der Waals surface area contributed by atoms with Crippen LogP contribution in [0, 0.1) is 18.6 Å². The molecule has 198 valence electrons. The lowest BCUT2D eigenvalue weighted by atomic mass is 9.76. The van der Waals surface area contributed by atoms with Gasteiger partial charge in [-0.15, -0.1) is 13.2 Å². The first-order valence-corrected chi connectivity index (χ1v) is 12.3. The van der Waals surface area contributed by atoms with Gasteiger partial charge in [0.2, 0.25) is 0 Å². The van der Waals surface area contributed by atoms with Gasteiger partial charge in [-0.05, 0) is 86.9 Å². The number of aromatic nitrogens is 3. The van der Waals surface area contributed by atoms with Crippen LogP contribution >= 0.6 is 0 Å². The normalized spacial score (nSPS) is 18.1. The topological polar surface area (TPSA) is 57.0 Å². The molecule has 5 rings (SSSR count). The zero-order chi connectivity index (χ0) is 27.0. The van der Waals surface area contributed by atoms with E-state index in [1.165, 1.54) is 35.0 Å². The van der Waals surface area contributed by atoms with E-state index in [9.17, 15) is 26.7 Å². The van der Waals surface area contributed by atoms with Gasteiger partial charge < -0.3 is 4.74 Å². The minimum Gasteiger partial charge on any atom is -0.404 e. The van der Waals surface area contributed by atoms with Gasteiger partial charge >= 0.3 is 6.36 Å². The van der Waals surface area contributed by atoms with Crippen LogP contribution in [-0.2, 0) is 6.54 Å². The molecule has 38 heavy (non-hydrogen) atoms. The minimum absolute atomic E-state index is 0.0626. The summed E-state index contributed by atoms with van der Waals surface area (Å²) in [7, 11) is 0. The van der Waals surface area contributed by atoms with Crippen LogP contribution in [0.5, 0.6) is 5.75 Å². The summed E-state index contributed by atoms with van der Waals surface area (Å²) in [6, 6.07) is 11.7. The van der Waals surface area contributed by atoms with Crippen molar-refractivity contribution in [3.8, 4) is 5.75 Å². The summed E-state index contributed by atoms with van der Waals surface area (Å²) < 4.78 is 73.1. The van der Waals surface area contributed by atoms with Gasteiger partial charge in [-0.1, -0.05) is 6.07 Å². The average Bonchev–Trinajstić information content (AvgIpc) is 2.86. The van der Waals surface area contributed by atoms with Crippen molar-refractivity contribution in [2.75, 3.05) is 0 Å². The number of benzene rings is 1. The Bertz CT molecular complexity index is 1520. The maximum absolute atomic E-state index is 14.3. The summed E-state index contributed by atoms with van der Waals surface area (Å²) in [5.74, 6) is -2.12. The van der Waals surface area contributed by atoms with Crippen molar-refractivity contribution in [3.63, 3.8) is 0 Å². The third kappa shape index (κ3) is 5.25. The fourth-order valence-electron chi connectivity index (χ4n) is 5.31. The van der Waals surface area contributed by atoms with Gasteiger partial charge in [-0.2, -0.15) is 0 Å². The van der Waals surface area contributed by atoms with E-state index in [2.05, 4.69) is 14.7 Å². The van der Waals surface area contributed by atoms with Crippen molar-refractivity contribution >= 4 is 11.0 Å². The first kappa shape index (κ1) is 25.8. The number of alkyl halides is 3. The number of fused-ring (bicyclic) bond motifs is 1. The van der Waals surface area contributed by atoms with Crippen LogP contribution in [-0.4, -0.2) is 20.9 Å². The summed E-state index contributed by atoms with van der Waals surface area (Å²) in [6.45, 7) is 1.48. The highest BCUT2D eigenvalue weighted by Crippen LogP contribution is 2.41. The van der Waals surface area contributed by atoms with E-state index in [0.717, 1.165) is 6.07 Å². The number of hydrogen-bond acceptors (Lipinski definition) is 4. The molecule has 0 radical (unpaired) electrons. The molecule has 0 unspecified atom stereocenters. The summed E-state index contributed by atoms with van der Waals surface area (Å²) in [5, 5.41) is 0.654. The third-order valence-corrected chi connectivity index (χ3v) is 7.06. The molecule has 1 aromatic carbocycles. The molecular weight excluding hydrogens is 505 g/mol. The monoisotopic (exact) mass is 529 g/mol. The quantitative estimate of drug-likeness (QED) is 0.268. The van der Waals surface area contributed by atoms with Crippen molar-refractivity contribution in [2.45, 2.75) is 57.3 Å². The van der Waals surface area contributed by atoms with E-state index in [1.807, 2.05) is 6.07 Å². The fraction of sp³-hybridized carbons (Fsp3) is 0.321. The Morgan fingerprint density at radius 2 is 1.66 bits per heavy atom. The summed E-state index contributed by atoms with van der Waals surface area (Å²) >= 11 is 0. The molecule has 1 aliphatic rings. The second-order valence-electron chi connectivity index (χ2n) is 9.54. The highest BCUT2D eigenvalue weighted by molar-refractivity contribution is 5.76. The van der Waals surface area contributed by atoms with Gasteiger partial charge in [-0.25, -0.2) is 13.8 Å². The molecule has 0 N–H and O–H groups in total. The first-order chi connectivity index (χ1) is 18.1. The number of halogens is 5. The van der Waals surface area contributed by atoms with Crippen molar-refractivity contribution < 1.29 is 26.7 Å². The Balaban J connectivity index is 1.51. The predicted molar refractivity (Wildman–Crippen MR) is 131 cm³/mol. The van der Waals surface area contributed by atoms with E-state index in [-0.39, 0.29) is 35.2 Å². The van der Waals surface area contributed by atoms with Crippen LogP contribution in [0.25, 0.3) is 11.0 Å². The molecule has 4 aromatic rings. The first-order valence-electron chi connectivity index (χ1n) is 12.3. The van der Waals surface area contributed by atoms with Crippen LogP contribution < -0.4 is 10.3 Å². The second-order valence-corrected chi connectivity index (χ2v) is 9.54. The molecule has 1 aliphatic carbocycles. The molecular formula is C28H24F5N3O2. The number of aryl methyl sites for hydroxylation is 1. The summed E-state index contributed by atoms with van der Waals surface area (Å²) in [4.78, 5) is 22.3. The highest BCUT2D eigenvalue weighted by atomic mass is 19.4. The maximum Gasteiger partial charge on any atom is 0.573 e. The van der Waals surface area contributed by atoms with E-state index in [0.29, 0.717) is 48.0 Å². The number of nitrogens with zero attached hydrogens (tertiary/aromatic N) is 3. The van der Waals surface area contributed by atoms with Crippen LogP contribution in [0.3, 0.4) is 0 Å².